The molecule has 2 rings (SSSR count). The van der Waals surface area contributed by atoms with E-state index in [1.54, 1.807) is 6.92 Å². The van der Waals surface area contributed by atoms with Gasteiger partial charge in [0.15, 0.2) is 0 Å². The molecule has 0 saturated carbocycles. The average molecular weight is 310 g/mol. The first kappa shape index (κ1) is 15.9. The van der Waals surface area contributed by atoms with Gasteiger partial charge >= 0.3 is 5.97 Å². The van der Waals surface area contributed by atoms with Gasteiger partial charge in [-0.15, -0.1) is 0 Å². The summed E-state index contributed by atoms with van der Waals surface area (Å²) in [4.78, 5) is 11.6. The summed E-state index contributed by atoms with van der Waals surface area (Å²) in [7, 11) is 1.39. The number of halogens is 1. The second kappa shape index (κ2) is 6.96. The highest BCUT2D eigenvalue weighted by atomic mass is 35.5. The molecule has 0 fully saturated rings. The quantitative estimate of drug-likeness (QED) is 0.848. The third-order valence-corrected chi connectivity index (χ3v) is 3.91. The van der Waals surface area contributed by atoms with Crippen LogP contribution in [0.1, 0.15) is 31.9 Å². The molecule has 2 atom stereocenters. The summed E-state index contributed by atoms with van der Waals surface area (Å²) < 4.78 is 10.4. The van der Waals surface area contributed by atoms with E-state index in [9.17, 15) is 4.79 Å². The highest BCUT2D eigenvalue weighted by molar-refractivity contribution is 6.30. The number of hydrogen-bond acceptors (Lipinski definition) is 4. The smallest absolute Gasteiger partial charge is 0.337 e. The van der Waals surface area contributed by atoms with E-state index in [0.29, 0.717) is 24.3 Å². The van der Waals surface area contributed by atoms with Gasteiger partial charge in [-0.1, -0.05) is 23.7 Å². The van der Waals surface area contributed by atoms with Crippen molar-refractivity contribution in [3.05, 3.63) is 46.2 Å². The van der Waals surface area contributed by atoms with E-state index in [2.05, 4.69) is 12.2 Å². The van der Waals surface area contributed by atoms with Gasteiger partial charge in [0.25, 0.3) is 0 Å². The summed E-state index contributed by atoms with van der Waals surface area (Å²) in [5, 5.41) is 4.14. The molecule has 1 aromatic rings. The number of allylic oxidation sites excluding steroid dienone is 1. The molecule has 114 valence electrons. The summed E-state index contributed by atoms with van der Waals surface area (Å²) in [6.07, 6.45) is 0.549. The van der Waals surface area contributed by atoms with Crippen molar-refractivity contribution >= 4 is 17.6 Å². The van der Waals surface area contributed by atoms with Crippen LogP contribution in [0.4, 0.5) is 0 Å². The van der Waals surface area contributed by atoms with Crippen molar-refractivity contribution in [1.82, 2.24) is 5.32 Å². The van der Waals surface area contributed by atoms with Gasteiger partial charge in [0, 0.05) is 24.0 Å². The van der Waals surface area contributed by atoms with E-state index in [0.717, 1.165) is 10.6 Å². The van der Waals surface area contributed by atoms with Crippen molar-refractivity contribution in [2.75, 3.05) is 13.7 Å². The maximum atomic E-state index is 11.6. The van der Waals surface area contributed by atoms with Crippen molar-refractivity contribution in [2.45, 2.75) is 32.4 Å². The zero-order valence-corrected chi connectivity index (χ0v) is 13.2. The zero-order chi connectivity index (χ0) is 15.4. The molecule has 0 aliphatic carbocycles. The van der Waals surface area contributed by atoms with Gasteiger partial charge in [-0.2, -0.15) is 0 Å². The second-order valence-corrected chi connectivity index (χ2v) is 5.59. The Morgan fingerprint density at radius 2 is 2.14 bits per heavy atom. The largest absolute Gasteiger partial charge is 0.493 e. The molecule has 0 radical (unpaired) electrons. The van der Waals surface area contributed by atoms with Crippen LogP contribution in [-0.2, 0) is 14.3 Å². The SMILES string of the molecule is COC(=O)C1=C(C)O[C@H](CN[C@@H](C)c2ccc(Cl)cc2)C1. The Bertz CT molecular complexity index is 539. The van der Waals surface area contributed by atoms with Crippen molar-refractivity contribution in [3.8, 4) is 0 Å². The number of hydrogen-bond donors (Lipinski definition) is 1. The highest BCUT2D eigenvalue weighted by Crippen LogP contribution is 2.26. The number of nitrogens with one attached hydrogen (secondary N) is 1. The Morgan fingerprint density at radius 3 is 2.76 bits per heavy atom. The zero-order valence-electron chi connectivity index (χ0n) is 12.5. The lowest BCUT2D eigenvalue weighted by molar-refractivity contribution is -0.136. The van der Waals surface area contributed by atoms with E-state index < -0.39 is 0 Å². The molecule has 0 amide bonds. The second-order valence-electron chi connectivity index (χ2n) is 5.15. The minimum absolute atomic E-state index is 0.0335. The van der Waals surface area contributed by atoms with Gasteiger partial charge in [-0.25, -0.2) is 4.79 Å². The summed E-state index contributed by atoms with van der Waals surface area (Å²) in [5.41, 5.74) is 1.79. The number of methoxy groups -OCH3 is 1. The van der Waals surface area contributed by atoms with Crippen LogP contribution in [0.2, 0.25) is 5.02 Å². The first-order chi connectivity index (χ1) is 10.0. The molecule has 5 heteroatoms. The lowest BCUT2D eigenvalue weighted by atomic mass is 10.1. The number of rotatable bonds is 5. The van der Waals surface area contributed by atoms with Crippen LogP contribution in [0.25, 0.3) is 0 Å². The maximum absolute atomic E-state index is 11.6. The molecule has 0 unspecified atom stereocenters. The van der Waals surface area contributed by atoms with Gasteiger partial charge in [-0.05, 0) is 31.5 Å². The van der Waals surface area contributed by atoms with Crippen LogP contribution < -0.4 is 5.32 Å². The van der Waals surface area contributed by atoms with Crippen LogP contribution in [0.5, 0.6) is 0 Å². The Morgan fingerprint density at radius 1 is 1.48 bits per heavy atom. The molecule has 0 bridgehead atoms. The molecule has 1 heterocycles. The molecule has 1 aliphatic heterocycles. The molecule has 1 aromatic carbocycles. The topological polar surface area (TPSA) is 47.6 Å². The van der Waals surface area contributed by atoms with Crippen molar-refractivity contribution in [2.24, 2.45) is 0 Å². The van der Waals surface area contributed by atoms with E-state index >= 15 is 0 Å². The Hall–Kier alpha value is -1.52. The van der Waals surface area contributed by atoms with Gasteiger partial charge in [0.2, 0.25) is 0 Å². The standard InChI is InChI=1S/C16H20ClNO3/c1-10(12-4-6-13(17)7-5-12)18-9-14-8-15(11(2)21-14)16(19)20-3/h4-7,10,14,18H,8-9H2,1-3H3/t10-,14-/m0/s1. The lowest BCUT2D eigenvalue weighted by Crippen LogP contribution is -2.29. The monoisotopic (exact) mass is 309 g/mol. The third-order valence-electron chi connectivity index (χ3n) is 3.65. The minimum atomic E-state index is -0.305. The van der Waals surface area contributed by atoms with Crippen LogP contribution in [0, 0.1) is 0 Å². The fraction of sp³-hybridized carbons (Fsp3) is 0.438. The average Bonchev–Trinajstić information content (AvgIpc) is 2.86. The summed E-state index contributed by atoms with van der Waals surface area (Å²) in [6, 6.07) is 7.94. The molecule has 0 spiro atoms. The minimum Gasteiger partial charge on any atom is -0.493 e. The maximum Gasteiger partial charge on any atom is 0.337 e. The van der Waals surface area contributed by atoms with Crippen molar-refractivity contribution < 1.29 is 14.3 Å². The number of ether oxygens (including phenoxy) is 2. The van der Waals surface area contributed by atoms with E-state index in [1.807, 2.05) is 24.3 Å². The summed E-state index contributed by atoms with van der Waals surface area (Å²) in [5.74, 6) is 0.355. The van der Waals surface area contributed by atoms with Crippen molar-refractivity contribution in [1.29, 1.82) is 0 Å². The van der Waals surface area contributed by atoms with Crippen LogP contribution in [0.15, 0.2) is 35.6 Å². The first-order valence-corrected chi connectivity index (χ1v) is 7.32. The first-order valence-electron chi connectivity index (χ1n) is 6.94. The summed E-state index contributed by atoms with van der Waals surface area (Å²) >= 11 is 5.88. The Labute approximate surface area is 130 Å². The van der Waals surface area contributed by atoms with E-state index in [1.165, 1.54) is 7.11 Å². The van der Waals surface area contributed by atoms with Gasteiger partial charge in [0.05, 0.1) is 12.7 Å². The molecular formula is C16H20ClNO3. The van der Waals surface area contributed by atoms with Gasteiger partial charge < -0.3 is 14.8 Å². The molecule has 0 aromatic heterocycles. The lowest BCUT2D eigenvalue weighted by Gasteiger charge is -2.18. The molecule has 0 saturated heterocycles. The third kappa shape index (κ3) is 3.99. The van der Waals surface area contributed by atoms with Crippen LogP contribution >= 0.6 is 11.6 Å². The number of benzene rings is 1. The fourth-order valence-electron chi connectivity index (χ4n) is 2.38. The number of carbonyl (C=O) groups is 1. The fourth-order valence-corrected chi connectivity index (χ4v) is 2.50. The highest BCUT2D eigenvalue weighted by Gasteiger charge is 2.28. The molecule has 1 aliphatic rings. The van der Waals surface area contributed by atoms with Gasteiger partial charge in [0.1, 0.15) is 11.9 Å². The van der Waals surface area contributed by atoms with E-state index in [4.69, 9.17) is 21.1 Å². The van der Waals surface area contributed by atoms with Gasteiger partial charge in [-0.3, -0.25) is 0 Å². The normalized spacial score (nSPS) is 19.3. The van der Waals surface area contributed by atoms with Crippen LogP contribution in [0.3, 0.4) is 0 Å². The van der Waals surface area contributed by atoms with Crippen LogP contribution in [-0.4, -0.2) is 25.7 Å². The molecule has 1 N–H and O–H groups in total. The Kier molecular flexibility index (Phi) is 5.26. The van der Waals surface area contributed by atoms with Crippen molar-refractivity contribution in [3.63, 3.8) is 0 Å². The van der Waals surface area contributed by atoms with E-state index in [-0.39, 0.29) is 18.1 Å². The Balaban J connectivity index is 1.85. The molecular weight excluding hydrogens is 290 g/mol. The number of esters is 1. The predicted molar refractivity (Wildman–Crippen MR) is 82.1 cm³/mol. The summed E-state index contributed by atoms with van der Waals surface area (Å²) in [6.45, 7) is 4.55. The number of carbonyl (C=O) groups excluding carboxylic acids is 1. The molecule has 21 heavy (non-hydrogen) atoms. The molecule has 4 nitrogen and oxygen atoms in total. The predicted octanol–water partition coefficient (Wildman–Crippen LogP) is 3.23.